The molecule has 0 unspecified atom stereocenters. The van der Waals surface area contributed by atoms with Crippen molar-refractivity contribution in [1.82, 2.24) is 15.1 Å². The van der Waals surface area contributed by atoms with Gasteiger partial charge in [0.25, 0.3) is 5.91 Å². The number of amides is 1. The summed E-state index contributed by atoms with van der Waals surface area (Å²) in [6, 6.07) is 15.9. The van der Waals surface area contributed by atoms with Crippen molar-refractivity contribution in [1.29, 1.82) is 0 Å². The third-order valence-corrected chi connectivity index (χ3v) is 5.54. The number of aromatic nitrogens is 2. The summed E-state index contributed by atoms with van der Waals surface area (Å²) in [5, 5.41) is 9.20. The molecule has 0 spiro atoms. The molecule has 172 valence electrons. The SMILES string of the molecule is O=C(COc1ccccc1C(F)(F)F)N1CCN(c2ccc(-c3ccc(Cl)cc3)nn2)CC1. The Morgan fingerprint density at radius 2 is 1.64 bits per heavy atom. The molecule has 33 heavy (non-hydrogen) atoms. The summed E-state index contributed by atoms with van der Waals surface area (Å²) in [5.74, 6) is -0.0287. The fourth-order valence-electron chi connectivity index (χ4n) is 3.51. The van der Waals surface area contributed by atoms with E-state index in [1.807, 2.05) is 29.2 Å². The van der Waals surface area contributed by atoms with Crippen LogP contribution in [0.5, 0.6) is 5.75 Å². The standard InChI is InChI=1S/C23H20ClF3N4O2/c24-17-7-5-16(6-8-17)19-9-10-21(29-28-19)30-11-13-31(14-12-30)22(32)15-33-20-4-2-1-3-18(20)23(25,26)27/h1-10H,11-15H2. The van der Waals surface area contributed by atoms with Crippen LogP contribution in [0, 0.1) is 0 Å². The number of anilines is 1. The summed E-state index contributed by atoms with van der Waals surface area (Å²) in [4.78, 5) is 16.0. The van der Waals surface area contributed by atoms with Crippen LogP contribution in [0.2, 0.25) is 5.02 Å². The lowest BCUT2D eigenvalue weighted by molar-refractivity contribution is -0.141. The molecule has 1 fully saturated rings. The predicted octanol–water partition coefficient (Wildman–Crippen LogP) is 4.54. The Hall–Kier alpha value is -3.33. The number of halogens is 4. The van der Waals surface area contributed by atoms with Gasteiger partial charge in [0, 0.05) is 36.8 Å². The number of para-hydroxylation sites is 1. The minimum atomic E-state index is -4.55. The highest BCUT2D eigenvalue weighted by Crippen LogP contribution is 2.35. The number of ether oxygens (including phenoxy) is 1. The Bertz CT molecular complexity index is 1100. The summed E-state index contributed by atoms with van der Waals surface area (Å²) in [5.41, 5.74) is 0.727. The zero-order chi connectivity index (χ0) is 23.4. The second-order valence-corrected chi connectivity index (χ2v) is 7.87. The molecule has 0 N–H and O–H groups in total. The fourth-order valence-corrected chi connectivity index (χ4v) is 3.64. The number of hydrogen-bond donors (Lipinski definition) is 0. The predicted molar refractivity (Wildman–Crippen MR) is 118 cm³/mol. The second kappa shape index (κ2) is 9.66. The van der Waals surface area contributed by atoms with E-state index >= 15 is 0 Å². The first-order valence-electron chi connectivity index (χ1n) is 10.2. The highest BCUT2D eigenvalue weighted by molar-refractivity contribution is 6.30. The summed E-state index contributed by atoms with van der Waals surface area (Å²) in [6.45, 7) is 1.41. The van der Waals surface area contributed by atoms with Crippen LogP contribution in [0.15, 0.2) is 60.7 Å². The molecular formula is C23H20ClF3N4O2. The van der Waals surface area contributed by atoms with Gasteiger partial charge in [0.05, 0.1) is 11.3 Å². The van der Waals surface area contributed by atoms with E-state index in [1.54, 1.807) is 17.0 Å². The van der Waals surface area contributed by atoms with Gasteiger partial charge in [-0.2, -0.15) is 13.2 Å². The molecule has 1 amide bonds. The van der Waals surface area contributed by atoms with Crippen molar-refractivity contribution < 1.29 is 22.7 Å². The van der Waals surface area contributed by atoms with E-state index in [0.29, 0.717) is 37.0 Å². The number of piperazine rings is 1. The van der Waals surface area contributed by atoms with E-state index in [2.05, 4.69) is 10.2 Å². The van der Waals surface area contributed by atoms with Crippen LogP contribution < -0.4 is 9.64 Å². The zero-order valence-corrected chi connectivity index (χ0v) is 18.2. The van der Waals surface area contributed by atoms with Gasteiger partial charge in [-0.1, -0.05) is 35.9 Å². The number of nitrogens with zero attached hydrogens (tertiary/aromatic N) is 4. The van der Waals surface area contributed by atoms with Crippen molar-refractivity contribution in [2.45, 2.75) is 6.18 Å². The van der Waals surface area contributed by atoms with E-state index < -0.39 is 18.3 Å². The van der Waals surface area contributed by atoms with Gasteiger partial charge < -0.3 is 14.5 Å². The van der Waals surface area contributed by atoms with Crippen LogP contribution in [0.25, 0.3) is 11.3 Å². The number of rotatable bonds is 5. The molecule has 1 saturated heterocycles. The average molecular weight is 477 g/mol. The minimum Gasteiger partial charge on any atom is -0.483 e. The van der Waals surface area contributed by atoms with Crippen molar-refractivity contribution in [3.8, 4) is 17.0 Å². The Labute approximate surface area is 193 Å². The first-order chi connectivity index (χ1) is 15.8. The van der Waals surface area contributed by atoms with Crippen LogP contribution in [0.3, 0.4) is 0 Å². The lowest BCUT2D eigenvalue weighted by Crippen LogP contribution is -2.50. The molecule has 1 aromatic heterocycles. The fraction of sp³-hybridized carbons (Fsp3) is 0.261. The zero-order valence-electron chi connectivity index (χ0n) is 17.4. The number of alkyl halides is 3. The van der Waals surface area contributed by atoms with Crippen LogP contribution >= 0.6 is 11.6 Å². The number of benzene rings is 2. The summed E-state index contributed by atoms with van der Waals surface area (Å²) >= 11 is 5.91. The van der Waals surface area contributed by atoms with E-state index in [1.165, 1.54) is 18.2 Å². The largest absolute Gasteiger partial charge is 0.483 e. The topological polar surface area (TPSA) is 58.6 Å². The first-order valence-corrected chi connectivity index (χ1v) is 10.6. The smallest absolute Gasteiger partial charge is 0.419 e. The van der Waals surface area contributed by atoms with Crippen LogP contribution in [0.4, 0.5) is 19.0 Å². The Balaban J connectivity index is 1.31. The third-order valence-electron chi connectivity index (χ3n) is 5.29. The Kier molecular flexibility index (Phi) is 6.69. The van der Waals surface area contributed by atoms with Gasteiger partial charge in [-0.15, -0.1) is 10.2 Å². The van der Waals surface area contributed by atoms with Gasteiger partial charge in [0.15, 0.2) is 12.4 Å². The Morgan fingerprint density at radius 3 is 2.27 bits per heavy atom. The molecule has 2 heterocycles. The minimum absolute atomic E-state index is 0.354. The maximum atomic E-state index is 13.1. The van der Waals surface area contributed by atoms with E-state index in [4.69, 9.17) is 16.3 Å². The summed E-state index contributed by atoms with van der Waals surface area (Å²) in [7, 11) is 0. The molecule has 6 nitrogen and oxygen atoms in total. The highest BCUT2D eigenvalue weighted by Gasteiger charge is 2.34. The lowest BCUT2D eigenvalue weighted by atomic mass is 10.1. The van der Waals surface area contributed by atoms with Crippen molar-refractivity contribution in [2.75, 3.05) is 37.7 Å². The number of carbonyl (C=O) groups excluding carboxylic acids is 1. The summed E-state index contributed by atoms with van der Waals surface area (Å²) in [6.07, 6.45) is -4.55. The molecule has 0 saturated carbocycles. The number of hydrogen-bond acceptors (Lipinski definition) is 5. The van der Waals surface area contributed by atoms with Crippen molar-refractivity contribution >= 4 is 23.3 Å². The van der Waals surface area contributed by atoms with Crippen molar-refractivity contribution in [3.63, 3.8) is 0 Å². The van der Waals surface area contributed by atoms with E-state index in [-0.39, 0.29) is 11.7 Å². The monoisotopic (exact) mass is 476 g/mol. The lowest BCUT2D eigenvalue weighted by Gasteiger charge is -2.35. The van der Waals surface area contributed by atoms with Crippen LogP contribution in [-0.4, -0.2) is 53.8 Å². The van der Waals surface area contributed by atoms with Gasteiger partial charge in [-0.05, 0) is 36.4 Å². The molecule has 3 aromatic rings. The molecule has 2 aromatic carbocycles. The van der Waals surface area contributed by atoms with Crippen molar-refractivity contribution in [3.05, 3.63) is 71.2 Å². The molecular weight excluding hydrogens is 457 g/mol. The molecule has 0 bridgehead atoms. The third kappa shape index (κ3) is 5.54. The van der Waals surface area contributed by atoms with Crippen LogP contribution in [0.1, 0.15) is 5.56 Å². The maximum Gasteiger partial charge on any atom is 0.419 e. The summed E-state index contributed by atoms with van der Waals surface area (Å²) < 4.78 is 44.4. The molecule has 0 aliphatic carbocycles. The van der Waals surface area contributed by atoms with Gasteiger partial charge in [0.2, 0.25) is 0 Å². The van der Waals surface area contributed by atoms with Gasteiger partial charge in [0.1, 0.15) is 5.75 Å². The average Bonchev–Trinajstić information content (AvgIpc) is 2.83. The molecule has 4 rings (SSSR count). The maximum absolute atomic E-state index is 13.1. The van der Waals surface area contributed by atoms with Gasteiger partial charge in [-0.25, -0.2) is 0 Å². The highest BCUT2D eigenvalue weighted by atomic mass is 35.5. The van der Waals surface area contributed by atoms with E-state index in [0.717, 1.165) is 17.3 Å². The second-order valence-electron chi connectivity index (χ2n) is 7.43. The van der Waals surface area contributed by atoms with Gasteiger partial charge >= 0.3 is 6.18 Å². The quantitative estimate of drug-likeness (QED) is 0.541. The number of carbonyl (C=O) groups is 1. The Morgan fingerprint density at radius 1 is 0.939 bits per heavy atom. The van der Waals surface area contributed by atoms with E-state index in [9.17, 15) is 18.0 Å². The normalized spacial score (nSPS) is 14.3. The molecule has 0 radical (unpaired) electrons. The first kappa shape index (κ1) is 22.8. The molecule has 10 heteroatoms. The van der Waals surface area contributed by atoms with Crippen molar-refractivity contribution in [2.24, 2.45) is 0 Å². The molecule has 1 aliphatic rings. The van der Waals surface area contributed by atoms with Crippen LogP contribution in [-0.2, 0) is 11.0 Å². The molecule has 1 aliphatic heterocycles. The molecule has 0 atom stereocenters. The van der Waals surface area contributed by atoms with Gasteiger partial charge in [-0.3, -0.25) is 4.79 Å².